The molecule has 0 fully saturated rings. The van der Waals surface area contributed by atoms with Gasteiger partial charge >= 0.3 is 0 Å². The third-order valence-electron chi connectivity index (χ3n) is 3.42. The number of rotatable bonds is 1. The molecule has 0 bridgehead atoms. The Morgan fingerprint density at radius 3 is 3.10 bits per heavy atom. The number of fused-ring (bicyclic) bond motifs is 4. The van der Waals surface area contributed by atoms with Gasteiger partial charge in [0.15, 0.2) is 5.16 Å². The zero-order chi connectivity index (χ0) is 13.9. The summed E-state index contributed by atoms with van der Waals surface area (Å²) in [6, 6.07) is 4.44. The third kappa shape index (κ3) is 1.42. The Labute approximate surface area is 115 Å². The van der Waals surface area contributed by atoms with Crippen molar-refractivity contribution in [3.05, 3.63) is 38.7 Å². The summed E-state index contributed by atoms with van der Waals surface area (Å²) in [5, 5.41) is 12.7. The number of hydrogen-bond donors (Lipinski definition) is 1. The molecule has 1 N–H and O–H groups in total. The molecule has 1 aromatic carbocycles. The monoisotopic (exact) mass is 288 g/mol. The number of H-pyrrole nitrogens is 1. The molecule has 20 heavy (non-hydrogen) atoms. The van der Waals surface area contributed by atoms with Crippen molar-refractivity contribution >= 4 is 39.4 Å². The van der Waals surface area contributed by atoms with E-state index >= 15 is 0 Å². The highest BCUT2D eigenvalue weighted by molar-refractivity contribution is 7.99. The number of thioether (sulfide) groups is 1. The second kappa shape index (κ2) is 3.83. The Morgan fingerprint density at radius 1 is 1.45 bits per heavy atom. The van der Waals surface area contributed by atoms with Crippen molar-refractivity contribution in [2.24, 2.45) is 0 Å². The minimum Gasteiger partial charge on any atom is -0.339 e. The zero-order valence-corrected chi connectivity index (χ0v) is 10.9. The SMILES string of the molecule is O=c1c2c(nc3n1CCS3)[nH]c1cc([N+](=O)[O-])ccc12. The summed E-state index contributed by atoms with van der Waals surface area (Å²) in [5.41, 5.74) is 0.959. The second-order valence-electron chi connectivity index (χ2n) is 4.54. The molecule has 4 rings (SSSR count). The van der Waals surface area contributed by atoms with Gasteiger partial charge in [0.1, 0.15) is 5.65 Å². The molecule has 7 nitrogen and oxygen atoms in total. The van der Waals surface area contributed by atoms with Gasteiger partial charge in [0.2, 0.25) is 0 Å². The summed E-state index contributed by atoms with van der Waals surface area (Å²) in [6.07, 6.45) is 0. The Morgan fingerprint density at radius 2 is 2.30 bits per heavy atom. The van der Waals surface area contributed by atoms with Crippen molar-refractivity contribution in [1.82, 2.24) is 14.5 Å². The van der Waals surface area contributed by atoms with Crippen molar-refractivity contribution in [3.8, 4) is 0 Å². The first-order valence-corrected chi connectivity index (χ1v) is 6.97. The molecule has 1 aliphatic heterocycles. The molecule has 100 valence electrons. The third-order valence-corrected chi connectivity index (χ3v) is 4.37. The minimum absolute atomic E-state index is 0.00826. The van der Waals surface area contributed by atoms with E-state index in [1.807, 2.05) is 0 Å². The molecule has 0 atom stereocenters. The van der Waals surface area contributed by atoms with Gasteiger partial charge in [-0.2, -0.15) is 0 Å². The number of nitrogens with one attached hydrogen (secondary N) is 1. The summed E-state index contributed by atoms with van der Waals surface area (Å²) in [6.45, 7) is 0.654. The van der Waals surface area contributed by atoms with Crippen LogP contribution in [0.2, 0.25) is 0 Å². The average Bonchev–Trinajstić information content (AvgIpc) is 3.01. The Kier molecular flexibility index (Phi) is 2.19. The highest BCUT2D eigenvalue weighted by atomic mass is 32.2. The van der Waals surface area contributed by atoms with Gasteiger partial charge in [0.25, 0.3) is 11.2 Å². The summed E-state index contributed by atoms with van der Waals surface area (Å²) >= 11 is 1.54. The number of aromatic amines is 1. The highest BCUT2D eigenvalue weighted by Gasteiger charge is 2.20. The predicted molar refractivity (Wildman–Crippen MR) is 75.2 cm³/mol. The van der Waals surface area contributed by atoms with Crippen LogP contribution in [0.1, 0.15) is 0 Å². The fourth-order valence-electron chi connectivity index (χ4n) is 2.50. The molecule has 3 aromatic rings. The van der Waals surface area contributed by atoms with Crippen molar-refractivity contribution in [1.29, 1.82) is 0 Å². The van der Waals surface area contributed by atoms with E-state index in [0.717, 1.165) is 5.75 Å². The Hall–Kier alpha value is -2.35. The van der Waals surface area contributed by atoms with Crippen molar-refractivity contribution in [2.75, 3.05) is 5.75 Å². The molecule has 8 heteroatoms. The van der Waals surface area contributed by atoms with Crippen LogP contribution in [0.3, 0.4) is 0 Å². The molecule has 0 aliphatic carbocycles. The lowest BCUT2D eigenvalue weighted by Gasteiger charge is -2.00. The van der Waals surface area contributed by atoms with E-state index in [2.05, 4.69) is 9.97 Å². The number of benzene rings is 1. The molecule has 3 heterocycles. The van der Waals surface area contributed by atoms with Crippen LogP contribution < -0.4 is 5.56 Å². The zero-order valence-electron chi connectivity index (χ0n) is 10.1. The maximum absolute atomic E-state index is 12.5. The molecule has 2 aromatic heterocycles. The van der Waals surface area contributed by atoms with Crippen LogP contribution in [-0.2, 0) is 6.54 Å². The first-order chi connectivity index (χ1) is 9.65. The summed E-state index contributed by atoms with van der Waals surface area (Å²) < 4.78 is 1.65. The van der Waals surface area contributed by atoms with E-state index < -0.39 is 4.92 Å². The molecule has 0 amide bonds. The van der Waals surface area contributed by atoms with Crippen LogP contribution in [0.4, 0.5) is 5.69 Å². The van der Waals surface area contributed by atoms with Gasteiger partial charge in [-0.1, -0.05) is 11.8 Å². The highest BCUT2D eigenvalue weighted by Crippen LogP contribution is 2.28. The van der Waals surface area contributed by atoms with Crippen molar-refractivity contribution in [2.45, 2.75) is 11.7 Å². The summed E-state index contributed by atoms with van der Waals surface area (Å²) in [7, 11) is 0. The molecule has 1 aliphatic rings. The van der Waals surface area contributed by atoms with E-state index in [1.54, 1.807) is 10.6 Å². The van der Waals surface area contributed by atoms with Gasteiger partial charge in [-0.15, -0.1) is 0 Å². The van der Waals surface area contributed by atoms with Crippen LogP contribution in [-0.4, -0.2) is 25.2 Å². The molecule has 0 radical (unpaired) electrons. The van der Waals surface area contributed by atoms with Gasteiger partial charge in [-0.3, -0.25) is 19.5 Å². The predicted octanol–water partition coefficient (Wildman–Crippen LogP) is 1.89. The van der Waals surface area contributed by atoms with E-state index in [9.17, 15) is 14.9 Å². The maximum Gasteiger partial charge on any atom is 0.271 e. The Balaban J connectivity index is 2.13. The first kappa shape index (κ1) is 11.5. The van der Waals surface area contributed by atoms with E-state index in [0.29, 0.717) is 33.6 Å². The van der Waals surface area contributed by atoms with E-state index in [1.165, 1.54) is 23.9 Å². The number of nitrogens with zero attached hydrogens (tertiary/aromatic N) is 3. The summed E-state index contributed by atoms with van der Waals surface area (Å²) in [4.78, 5) is 30.2. The topological polar surface area (TPSA) is 93.8 Å². The lowest BCUT2D eigenvalue weighted by Crippen LogP contribution is -2.19. The maximum atomic E-state index is 12.5. The smallest absolute Gasteiger partial charge is 0.271 e. The number of non-ortho nitro benzene ring substituents is 1. The van der Waals surface area contributed by atoms with Crippen LogP contribution in [0, 0.1) is 10.1 Å². The average molecular weight is 288 g/mol. The van der Waals surface area contributed by atoms with Crippen molar-refractivity contribution < 1.29 is 4.92 Å². The fourth-order valence-corrected chi connectivity index (χ4v) is 3.44. The molecule has 0 spiro atoms. The van der Waals surface area contributed by atoms with Crippen LogP contribution in [0.15, 0.2) is 28.2 Å². The lowest BCUT2D eigenvalue weighted by molar-refractivity contribution is -0.384. The fraction of sp³-hybridized carbons (Fsp3) is 0.167. The quantitative estimate of drug-likeness (QED) is 0.419. The van der Waals surface area contributed by atoms with E-state index in [4.69, 9.17) is 0 Å². The van der Waals surface area contributed by atoms with Gasteiger partial charge < -0.3 is 4.98 Å². The molecular formula is C12H8N4O3S. The number of hydrogen-bond acceptors (Lipinski definition) is 5. The first-order valence-electron chi connectivity index (χ1n) is 5.98. The van der Waals surface area contributed by atoms with Gasteiger partial charge in [-0.05, 0) is 6.07 Å². The lowest BCUT2D eigenvalue weighted by atomic mass is 10.2. The van der Waals surface area contributed by atoms with Gasteiger partial charge in [-0.25, -0.2) is 4.98 Å². The van der Waals surface area contributed by atoms with Crippen molar-refractivity contribution in [3.63, 3.8) is 0 Å². The number of nitro benzene ring substituents is 1. The van der Waals surface area contributed by atoms with E-state index in [-0.39, 0.29) is 11.2 Å². The normalized spacial score (nSPS) is 14.0. The molecule has 0 saturated heterocycles. The largest absolute Gasteiger partial charge is 0.339 e. The van der Waals surface area contributed by atoms with Crippen LogP contribution in [0.5, 0.6) is 0 Å². The number of nitro groups is 1. The second-order valence-corrected chi connectivity index (χ2v) is 5.60. The number of aromatic nitrogens is 3. The van der Waals surface area contributed by atoms with Crippen LogP contribution >= 0.6 is 11.8 Å². The standard InChI is InChI=1S/C12H8N4O3S/c17-11-9-7-2-1-6(16(18)19)5-8(7)13-10(9)14-12-15(11)3-4-20-12/h1-2,5,13H,3-4H2. The molecule has 0 saturated carbocycles. The van der Waals surface area contributed by atoms with Gasteiger partial charge in [0, 0.05) is 29.8 Å². The minimum atomic E-state index is -0.457. The Bertz CT molecular complexity index is 943. The van der Waals surface area contributed by atoms with Gasteiger partial charge in [0.05, 0.1) is 15.8 Å². The van der Waals surface area contributed by atoms with Crippen LogP contribution in [0.25, 0.3) is 21.9 Å². The summed E-state index contributed by atoms with van der Waals surface area (Å²) in [5.74, 6) is 0.845. The molecule has 0 unspecified atom stereocenters. The molecular weight excluding hydrogens is 280 g/mol.